The Kier molecular flexibility index (Phi) is 4.84. The molecule has 17 heavy (non-hydrogen) atoms. The van der Waals surface area contributed by atoms with Gasteiger partial charge in [-0.1, -0.05) is 12.1 Å². The molecule has 1 rings (SSSR count). The van der Waals surface area contributed by atoms with Crippen LogP contribution in [0.1, 0.15) is 5.56 Å². The molecule has 4 nitrogen and oxygen atoms in total. The van der Waals surface area contributed by atoms with E-state index in [9.17, 15) is 13.6 Å². The lowest BCUT2D eigenvalue weighted by molar-refractivity contribution is -0.122. The van der Waals surface area contributed by atoms with Crippen molar-refractivity contribution in [1.29, 1.82) is 0 Å². The smallest absolute Gasteiger partial charge is 0.255 e. The van der Waals surface area contributed by atoms with Gasteiger partial charge < -0.3 is 16.2 Å². The molecule has 4 N–H and O–H groups in total. The Morgan fingerprint density at radius 2 is 1.94 bits per heavy atom. The quantitative estimate of drug-likeness (QED) is 0.711. The largest absolute Gasteiger partial charge is 0.508 e. The van der Waals surface area contributed by atoms with E-state index in [1.165, 1.54) is 12.1 Å². The van der Waals surface area contributed by atoms with E-state index in [-0.39, 0.29) is 12.2 Å². The van der Waals surface area contributed by atoms with E-state index in [0.29, 0.717) is 0 Å². The lowest BCUT2D eigenvalue weighted by Crippen LogP contribution is -2.43. The maximum Gasteiger partial charge on any atom is 0.255 e. The predicted molar refractivity (Wildman–Crippen MR) is 58.8 cm³/mol. The average molecular weight is 244 g/mol. The highest BCUT2D eigenvalue weighted by molar-refractivity contribution is 5.81. The average Bonchev–Trinajstić information content (AvgIpc) is 2.28. The van der Waals surface area contributed by atoms with E-state index in [0.717, 1.165) is 5.56 Å². The summed E-state index contributed by atoms with van der Waals surface area (Å²) < 4.78 is 23.7. The first-order valence-corrected chi connectivity index (χ1v) is 5.08. The van der Waals surface area contributed by atoms with Crippen LogP contribution in [0.4, 0.5) is 8.78 Å². The van der Waals surface area contributed by atoms with Gasteiger partial charge in [-0.3, -0.25) is 4.79 Å². The summed E-state index contributed by atoms with van der Waals surface area (Å²) in [5.74, 6) is -0.497. The van der Waals surface area contributed by atoms with E-state index in [1.54, 1.807) is 12.1 Å². The number of hydrogen-bond donors (Lipinski definition) is 3. The van der Waals surface area contributed by atoms with Crippen molar-refractivity contribution in [2.75, 3.05) is 6.54 Å². The molecule has 0 bridgehead atoms. The first-order valence-electron chi connectivity index (χ1n) is 5.08. The Morgan fingerprint density at radius 1 is 1.35 bits per heavy atom. The Labute approximate surface area is 97.4 Å². The third-order valence-corrected chi connectivity index (χ3v) is 2.16. The molecule has 1 aromatic rings. The molecule has 0 fully saturated rings. The number of amides is 1. The van der Waals surface area contributed by atoms with E-state index in [2.05, 4.69) is 5.32 Å². The number of carbonyl (C=O) groups excluding carboxylic acids is 1. The van der Waals surface area contributed by atoms with E-state index in [4.69, 9.17) is 10.8 Å². The van der Waals surface area contributed by atoms with Crippen LogP contribution in [0.15, 0.2) is 24.3 Å². The Hall–Kier alpha value is -1.69. The highest BCUT2D eigenvalue weighted by Crippen LogP contribution is 2.10. The molecular formula is C11H14F2N2O2. The fourth-order valence-corrected chi connectivity index (χ4v) is 1.29. The third-order valence-electron chi connectivity index (χ3n) is 2.16. The summed E-state index contributed by atoms with van der Waals surface area (Å²) >= 11 is 0. The van der Waals surface area contributed by atoms with Crippen molar-refractivity contribution in [3.8, 4) is 5.75 Å². The summed E-state index contributed by atoms with van der Waals surface area (Å²) in [6, 6.07) is 5.31. The van der Waals surface area contributed by atoms with E-state index < -0.39 is 24.9 Å². The van der Waals surface area contributed by atoms with Crippen molar-refractivity contribution in [3.63, 3.8) is 0 Å². The van der Waals surface area contributed by atoms with Gasteiger partial charge in [0.1, 0.15) is 5.75 Å². The Balaban J connectivity index is 2.45. The molecule has 1 atom stereocenters. The molecule has 0 saturated carbocycles. The van der Waals surface area contributed by atoms with Crippen molar-refractivity contribution in [2.24, 2.45) is 5.73 Å². The zero-order chi connectivity index (χ0) is 12.8. The molecule has 94 valence electrons. The molecule has 0 aliphatic rings. The summed E-state index contributed by atoms with van der Waals surface area (Å²) in [5, 5.41) is 11.1. The second-order valence-electron chi connectivity index (χ2n) is 3.61. The van der Waals surface area contributed by atoms with Gasteiger partial charge >= 0.3 is 0 Å². The first-order chi connectivity index (χ1) is 7.99. The highest BCUT2D eigenvalue weighted by atomic mass is 19.3. The summed E-state index contributed by atoms with van der Waals surface area (Å²) in [6.07, 6.45) is -2.35. The molecule has 0 spiro atoms. The van der Waals surface area contributed by atoms with Crippen molar-refractivity contribution in [2.45, 2.75) is 18.9 Å². The number of benzene rings is 1. The van der Waals surface area contributed by atoms with Gasteiger partial charge in [-0.2, -0.15) is 0 Å². The van der Waals surface area contributed by atoms with Crippen LogP contribution in [0.3, 0.4) is 0 Å². The first kappa shape index (κ1) is 13.4. The Bertz CT molecular complexity index is 368. The van der Waals surface area contributed by atoms with Gasteiger partial charge in [-0.15, -0.1) is 0 Å². The third kappa shape index (κ3) is 4.78. The second-order valence-corrected chi connectivity index (χ2v) is 3.61. The minimum Gasteiger partial charge on any atom is -0.508 e. The van der Waals surface area contributed by atoms with Crippen LogP contribution < -0.4 is 11.1 Å². The highest BCUT2D eigenvalue weighted by Gasteiger charge is 2.15. The number of hydrogen-bond acceptors (Lipinski definition) is 3. The number of halogens is 2. The summed E-state index contributed by atoms with van der Waals surface area (Å²) in [6.45, 7) is -0.692. The minimum absolute atomic E-state index is 0.115. The molecular weight excluding hydrogens is 230 g/mol. The number of phenolic OH excluding ortho intramolecular Hbond substituents is 1. The lowest BCUT2D eigenvalue weighted by atomic mass is 10.1. The normalized spacial score (nSPS) is 12.5. The van der Waals surface area contributed by atoms with Crippen LogP contribution in [0.25, 0.3) is 0 Å². The SMILES string of the molecule is NC(Cc1ccc(O)cc1)C(=O)NCC(F)F. The molecule has 0 radical (unpaired) electrons. The monoisotopic (exact) mass is 244 g/mol. The second kappa shape index (κ2) is 6.15. The number of carbonyl (C=O) groups is 1. The number of alkyl halides is 2. The van der Waals surface area contributed by atoms with Gasteiger partial charge in [0.05, 0.1) is 12.6 Å². The summed E-state index contributed by atoms with van der Waals surface area (Å²) in [7, 11) is 0. The zero-order valence-electron chi connectivity index (χ0n) is 9.07. The maximum atomic E-state index is 11.8. The van der Waals surface area contributed by atoms with Crippen LogP contribution in [0.5, 0.6) is 5.75 Å². The van der Waals surface area contributed by atoms with Gasteiger partial charge in [0.25, 0.3) is 6.43 Å². The molecule has 0 aliphatic heterocycles. The maximum absolute atomic E-state index is 11.8. The molecule has 1 unspecified atom stereocenters. The van der Waals surface area contributed by atoms with Gasteiger partial charge in [-0.25, -0.2) is 8.78 Å². The van der Waals surface area contributed by atoms with Crippen LogP contribution in [-0.4, -0.2) is 30.0 Å². The number of rotatable bonds is 5. The van der Waals surface area contributed by atoms with Crippen molar-refractivity contribution in [1.82, 2.24) is 5.32 Å². The summed E-state index contributed by atoms with van der Waals surface area (Å²) in [5.41, 5.74) is 6.31. The number of phenols is 1. The lowest BCUT2D eigenvalue weighted by Gasteiger charge is -2.12. The zero-order valence-corrected chi connectivity index (χ0v) is 9.07. The standard InChI is InChI=1S/C11H14F2N2O2/c12-10(13)6-15-11(17)9(14)5-7-1-3-8(16)4-2-7/h1-4,9-10,16H,5-6,14H2,(H,15,17). The van der Waals surface area contributed by atoms with Gasteiger partial charge in [0, 0.05) is 0 Å². The topological polar surface area (TPSA) is 75.3 Å². The molecule has 0 saturated heterocycles. The van der Waals surface area contributed by atoms with Gasteiger partial charge in [-0.05, 0) is 24.1 Å². The van der Waals surface area contributed by atoms with Crippen LogP contribution in [-0.2, 0) is 11.2 Å². The summed E-state index contributed by atoms with van der Waals surface area (Å²) in [4.78, 5) is 11.3. The fraction of sp³-hybridized carbons (Fsp3) is 0.364. The molecule has 6 heteroatoms. The van der Waals surface area contributed by atoms with Crippen LogP contribution >= 0.6 is 0 Å². The van der Waals surface area contributed by atoms with E-state index >= 15 is 0 Å². The number of nitrogens with one attached hydrogen (secondary N) is 1. The Morgan fingerprint density at radius 3 is 2.47 bits per heavy atom. The van der Waals surface area contributed by atoms with Crippen molar-refractivity contribution in [3.05, 3.63) is 29.8 Å². The molecule has 1 aromatic carbocycles. The van der Waals surface area contributed by atoms with E-state index in [1.807, 2.05) is 0 Å². The molecule has 0 aromatic heterocycles. The molecule has 0 heterocycles. The predicted octanol–water partition coefficient (Wildman–Crippen LogP) is 0.643. The van der Waals surface area contributed by atoms with Crippen LogP contribution in [0, 0.1) is 0 Å². The molecule has 1 amide bonds. The van der Waals surface area contributed by atoms with Gasteiger partial charge in [0.2, 0.25) is 5.91 Å². The van der Waals surface area contributed by atoms with Crippen molar-refractivity contribution < 1.29 is 18.7 Å². The van der Waals surface area contributed by atoms with Gasteiger partial charge in [0.15, 0.2) is 0 Å². The molecule has 0 aliphatic carbocycles. The number of nitrogens with two attached hydrogens (primary N) is 1. The van der Waals surface area contributed by atoms with Crippen LogP contribution in [0.2, 0.25) is 0 Å². The minimum atomic E-state index is -2.58. The number of aromatic hydroxyl groups is 1. The fourth-order valence-electron chi connectivity index (χ4n) is 1.29. The van der Waals surface area contributed by atoms with Crippen molar-refractivity contribution >= 4 is 5.91 Å².